The minimum Gasteiger partial charge on any atom is -0.497 e. The number of methoxy groups -OCH3 is 1. The fraction of sp³-hybridized carbons (Fsp3) is 0.0870. The van der Waals surface area contributed by atoms with Crippen LogP contribution in [-0.2, 0) is 0 Å². The van der Waals surface area contributed by atoms with Gasteiger partial charge in [-0.25, -0.2) is 4.98 Å². The van der Waals surface area contributed by atoms with Gasteiger partial charge in [-0.3, -0.25) is 4.57 Å². The standard InChI is InChI=1S/C23H19N3O/c1-27-18-13-11-16(12-14-18)20-15-22(17-7-3-2-4-8-17)26-21-10-6-5-9-19(21)24-23(26)25-20/h2-15,22H,1H3,(H,24,25)/t22-/m1/s1. The number of nitrogens with zero attached hydrogens (tertiary/aromatic N) is 2. The minimum absolute atomic E-state index is 0.0759. The van der Waals surface area contributed by atoms with Gasteiger partial charge in [0.25, 0.3) is 0 Å². The van der Waals surface area contributed by atoms with Crippen LogP contribution in [-0.4, -0.2) is 16.7 Å². The maximum Gasteiger partial charge on any atom is 0.209 e. The van der Waals surface area contributed by atoms with Gasteiger partial charge in [-0.1, -0.05) is 42.5 Å². The van der Waals surface area contributed by atoms with Crippen LogP contribution in [0.5, 0.6) is 5.75 Å². The van der Waals surface area contributed by atoms with Gasteiger partial charge in [0.1, 0.15) is 5.75 Å². The summed E-state index contributed by atoms with van der Waals surface area (Å²) in [5.41, 5.74) is 5.50. The number of nitrogens with one attached hydrogen (secondary N) is 1. The summed E-state index contributed by atoms with van der Waals surface area (Å²) >= 11 is 0. The molecule has 1 N–H and O–H groups in total. The second kappa shape index (κ2) is 6.32. The summed E-state index contributed by atoms with van der Waals surface area (Å²) < 4.78 is 7.55. The van der Waals surface area contributed by atoms with Gasteiger partial charge in [0.2, 0.25) is 5.95 Å². The van der Waals surface area contributed by atoms with Crippen molar-refractivity contribution in [1.82, 2.24) is 9.55 Å². The Morgan fingerprint density at radius 2 is 1.63 bits per heavy atom. The topological polar surface area (TPSA) is 39.1 Å². The van der Waals surface area contributed by atoms with E-state index < -0.39 is 0 Å². The molecule has 2 heterocycles. The summed E-state index contributed by atoms with van der Waals surface area (Å²) in [4.78, 5) is 4.82. The van der Waals surface area contributed by atoms with Crippen molar-refractivity contribution < 1.29 is 4.74 Å². The van der Waals surface area contributed by atoms with Crippen LogP contribution < -0.4 is 10.1 Å². The molecule has 0 spiro atoms. The number of rotatable bonds is 3. The van der Waals surface area contributed by atoms with Gasteiger partial charge < -0.3 is 10.1 Å². The normalized spacial score (nSPS) is 15.7. The van der Waals surface area contributed by atoms with E-state index in [4.69, 9.17) is 9.72 Å². The second-order valence-electron chi connectivity index (χ2n) is 6.58. The summed E-state index contributed by atoms with van der Waals surface area (Å²) in [7, 11) is 1.68. The number of fused-ring (bicyclic) bond motifs is 3. The van der Waals surface area contributed by atoms with E-state index >= 15 is 0 Å². The third kappa shape index (κ3) is 2.66. The van der Waals surface area contributed by atoms with Crippen LogP contribution in [0, 0.1) is 0 Å². The SMILES string of the molecule is COc1ccc(C2=C[C@H](c3ccccc3)n3c(nc4ccccc43)N2)cc1. The zero-order valence-electron chi connectivity index (χ0n) is 15.0. The van der Waals surface area contributed by atoms with Crippen LogP contribution in [0.15, 0.2) is 84.9 Å². The summed E-state index contributed by atoms with van der Waals surface area (Å²) in [6.45, 7) is 0. The summed E-state index contributed by atoms with van der Waals surface area (Å²) in [6, 6.07) is 27.0. The Balaban J connectivity index is 1.68. The highest BCUT2D eigenvalue weighted by atomic mass is 16.5. The van der Waals surface area contributed by atoms with Crippen molar-refractivity contribution in [2.75, 3.05) is 12.4 Å². The molecular weight excluding hydrogens is 334 g/mol. The van der Waals surface area contributed by atoms with E-state index in [9.17, 15) is 0 Å². The van der Waals surface area contributed by atoms with Crippen molar-refractivity contribution in [2.45, 2.75) is 6.04 Å². The Bertz CT molecular complexity index is 1130. The van der Waals surface area contributed by atoms with Crippen LogP contribution >= 0.6 is 0 Å². The lowest BCUT2D eigenvalue weighted by atomic mass is 10.0. The molecule has 0 bridgehead atoms. The smallest absolute Gasteiger partial charge is 0.209 e. The number of allylic oxidation sites excluding steroid dienone is 1. The van der Waals surface area contributed by atoms with Crippen LogP contribution in [0.2, 0.25) is 0 Å². The maximum absolute atomic E-state index is 5.29. The first kappa shape index (κ1) is 15.7. The van der Waals surface area contributed by atoms with Gasteiger partial charge in [-0.05, 0) is 53.6 Å². The quantitative estimate of drug-likeness (QED) is 0.557. The average molecular weight is 353 g/mol. The Morgan fingerprint density at radius 3 is 2.41 bits per heavy atom. The lowest BCUT2D eigenvalue weighted by Gasteiger charge is -2.26. The van der Waals surface area contributed by atoms with Gasteiger partial charge in [0.15, 0.2) is 0 Å². The molecule has 27 heavy (non-hydrogen) atoms. The molecule has 1 aliphatic heterocycles. The molecule has 0 amide bonds. The third-order valence-corrected chi connectivity index (χ3v) is 4.99. The summed E-state index contributed by atoms with van der Waals surface area (Å²) in [5.74, 6) is 1.71. The highest BCUT2D eigenvalue weighted by Gasteiger charge is 2.25. The molecule has 4 nitrogen and oxygen atoms in total. The first-order chi connectivity index (χ1) is 13.3. The molecule has 132 valence electrons. The Labute approximate surface area is 157 Å². The minimum atomic E-state index is 0.0759. The van der Waals surface area contributed by atoms with Gasteiger partial charge in [-0.2, -0.15) is 0 Å². The molecule has 0 radical (unpaired) electrons. The molecule has 0 aliphatic carbocycles. The summed E-state index contributed by atoms with van der Waals surface area (Å²) in [6.07, 6.45) is 2.26. The Morgan fingerprint density at radius 1 is 0.889 bits per heavy atom. The second-order valence-corrected chi connectivity index (χ2v) is 6.58. The molecule has 5 rings (SSSR count). The monoisotopic (exact) mass is 353 g/mol. The first-order valence-electron chi connectivity index (χ1n) is 8.99. The summed E-state index contributed by atoms with van der Waals surface area (Å²) in [5, 5.41) is 3.51. The number of hydrogen-bond acceptors (Lipinski definition) is 3. The van der Waals surface area contributed by atoms with Crippen molar-refractivity contribution in [1.29, 1.82) is 0 Å². The molecular formula is C23H19N3O. The van der Waals surface area contributed by atoms with Crippen molar-refractivity contribution in [3.8, 4) is 5.75 Å². The third-order valence-electron chi connectivity index (χ3n) is 4.99. The number of aromatic nitrogens is 2. The predicted molar refractivity (Wildman–Crippen MR) is 109 cm³/mol. The lowest BCUT2D eigenvalue weighted by Crippen LogP contribution is -2.19. The van der Waals surface area contributed by atoms with Gasteiger partial charge in [-0.15, -0.1) is 0 Å². The molecule has 4 aromatic rings. The van der Waals surface area contributed by atoms with Crippen LogP contribution in [0.25, 0.3) is 16.7 Å². The van der Waals surface area contributed by atoms with Crippen molar-refractivity contribution in [2.24, 2.45) is 0 Å². The molecule has 0 saturated heterocycles. The molecule has 0 saturated carbocycles. The Kier molecular flexibility index (Phi) is 3.68. The van der Waals surface area contributed by atoms with E-state index in [1.807, 2.05) is 24.3 Å². The van der Waals surface area contributed by atoms with E-state index in [1.54, 1.807) is 7.11 Å². The zero-order valence-corrected chi connectivity index (χ0v) is 15.0. The lowest BCUT2D eigenvalue weighted by molar-refractivity contribution is 0.415. The molecule has 3 aromatic carbocycles. The number of hydrogen-bond donors (Lipinski definition) is 1. The van der Waals surface area contributed by atoms with Crippen molar-refractivity contribution in [3.05, 3.63) is 96.1 Å². The van der Waals surface area contributed by atoms with Crippen molar-refractivity contribution in [3.63, 3.8) is 0 Å². The van der Waals surface area contributed by atoms with E-state index in [-0.39, 0.29) is 6.04 Å². The fourth-order valence-corrected chi connectivity index (χ4v) is 3.64. The van der Waals surface area contributed by atoms with Crippen LogP contribution in [0.4, 0.5) is 5.95 Å². The number of benzene rings is 3. The van der Waals surface area contributed by atoms with E-state index in [2.05, 4.69) is 70.6 Å². The fourth-order valence-electron chi connectivity index (χ4n) is 3.64. The van der Waals surface area contributed by atoms with Crippen molar-refractivity contribution >= 4 is 22.7 Å². The number of para-hydroxylation sites is 2. The zero-order chi connectivity index (χ0) is 18.2. The average Bonchev–Trinajstić information content (AvgIpc) is 3.12. The molecule has 4 heteroatoms. The molecule has 1 aromatic heterocycles. The van der Waals surface area contributed by atoms with E-state index in [0.29, 0.717) is 0 Å². The van der Waals surface area contributed by atoms with Gasteiger partial charge in [0, 0.05) is 5.70 Å². The number of ether oxygens (including phenoxy) is 1. The molecule has 1 atom stereocenters. The van der Waals surface area contributed by atoms with Crippen LogP contribution in [0.1, 0.15) is 17.2 Å². The van der Waals surface area contributed by atoms with Gasteiger partial charge >= 0.3 is 0 Å². The highest BCUT2D eigenvalue weighted by molar-refractivity contribution is 5.85. The number of anilines is 1. The maximum atomic E-state index is 5.29. The largest absolute Gasteiger partial charge is 0.497 e. The van der Waals surface area contributed by atoms with E-state index in [1.165, 1.54) is 5.56 Å². The number of imidazole rings is 1. The van der Waals surface area contributed by atoms with Gasteiger partial charge in [0.05, 0.1) is 24.2 Å². The van der Waals surface area contributed by atoms with E-state index in [0.717, 1.165) is 34.0 Å². The highest BCUT2D eigenvalue weighted by Crippen LogP contribution is 2.36. The first-order valence-corrected chi connectivity index (χ1v) is 8.99. The predicted octanol–water partition coefficient (Wildman–Crippen LogP) is 5.10. The molecule has 1 aliphatic rings. The van der Waals surface area contributed by atoms with Crippen LogP contribution in [0.3, 0.4) is 0 Å². The molecule has 0 fully saturated rings. The molecule has 0 unspecified atom stereocenters. The Hall–Kier alpha value is -3.53.